The van der Waals surface area contributed by atoms with Crippen LogP contribution in [0, 0.1) is 13.8 Å². The summed E-state index contributed by atoms with van der Waals surface area (Å²) in [5.74, 6) is -2.14. The Morgan fingerprint density at radius 3 is 2.39 bits per heavy atom. The van der Waals surface area contributed by atoms with Crippen LogP contribution in [0.2, 0.25) is 0 Å². The van der Waals surface area contributed by atoms with Crippen LogP contribution in [0.3, 0.4) is 0 Å². The van der Waals surface area contributed by atoms with Gasteiger partial charge in [-0.05, 0) is 37.1 Å². The highest BCUT2D eigenvalue weighted by atomic mass is 16.5. The van der Waals surface area contributed by atoms with Gasteiger partial charge in [0.1, 0.15) is 11.3 Å². The van der Waals surface area contributed by atoms with Crippen molar-refractivity contribution in [1.29, 1.82) is 0 Å². The number of ether oxygens (including phenoxy) is 1. The van der Waals surface area contributed by atoms with Gasteiger partial charge in [-0.15, -0.1) is 0 Å². The maximum atomic E-state index is 12.2. The number of aliphatic carboxylic acids is 2. The lowest BCUT2D eigenvalue weighted by molar-refractivity contribution is -0.145. The summed E-state index contributed by atoms with van der Waals surface area (Å²) >= 11 is 0. The quantitative estimate of drug-likeness (QED) is 0.629. The summed E-state index contributed by atoms with van der Waals surface area (Å²) in [7, 11) is 0. The molecule has 0 saturated heterocycles. The molecule has 144 valence electrons. The Morgan fingerprint density at radius 1 is 1.11 bits per heavy atom. The number of carboxylic acid groups (broad SMARTS) is 2. The summed E-state index contributed by atoms with van der Waals surface area (Å²) in [6.45, 7) is 3.35. The lowest BCUT2D eigenvalue weighted by Gasteiger charge is -2.18. The standard InChI is InChI=1S/C21H18O7/c1-11-8-15(27-19(20(24)25)13-6-4-3-5-7-13)18-12(2)14(10-17(22)23)21(26)28-16(18)9-11/h3-9,19H,10H2,1-2H3,(H,22,23)(H,24,25). The van der Waals surface area contributed by atoms with Crippen LogP contribution in [0.5, 0.6) is 5.75 Å². The molecule has 0 aliphatic carbocycles. The number of carboxylic acids is 2. The molecule has 2 N–H and O–H groups in total. The first kappa shape index (κ1) is 19.2. The third kappa shape index (κ3) is 3.73. The van der Waals surface area contributed by atoms with E-state index in [2.05, 4.69) is 0 Å². The van der Waals surface area contributed by atoms with Crippen molar-refractivity contribution in [2.75, 3.05) is 0 Å². The van der Waals surface area contributed by atoms with Gasteiger partial charge < -0.3 is 19.4 Å². The molecule has 1 heterocycles. The number of carbonyl (C=O) groups is 2. The highest BCUT2D eigenvalue weighted by molar-refractivity contribution is 5.89. The van der Waals surface area contributed by atoms with E-state index in [1.54, 1.807) is 56.3 Å². The Kier molecular flexibility index (Phi) is 5.17. The van der Waals surface area contributed by atoms with E-state index < -0.39 is 30.1 Å². The van der Waals surface area contributed by atoms with Gasteiger partial charge in [-0.3, -0.25) is 4.79 Å². The predicted molar refractivity (Wildman–Crippen MR) is 101 cm³/mol. The summed E-state index contributed by atoms with van der Waals surface area (Å²) in [6.07, 6.45) is -1.78. The zero-order valence-corrected chi connectivity index (χ0v) is 15.3. The maximum absolute atomic E-state index is 12.2. The molecule has 2 aromatic carbocycles. The molecule has 0 radical (unpaired) electrons. The lowest BCUT2D eigenvalue weighted by atomic mass is 10.0. The number of hydrogen-bond donors (Lipinski definition) is 2. The Labute approximate surface area is 159 Å². The summed E-state index contributed by atoms with van der Waals surface area (Å²) in [5, 5.41) is 19.1. The second-order valence-electron chi connectivity index (χ2n) is 6.45. The van der Waals surface area contributed by atoms with Gasteiger partial charge >= 0.3 is 17.6 Å². The topological polar surface area (TPSA) is 114 Å². The van der Waals surface area contributed by atoms with Crippen LogP contribution in [0.1, 0.15) is 28.4 Å². The van der Waals surface area contributed by atoms with Crippen LogP contribution in [0.15, 0.2) is 51.7 Å². The molecule has 0 spiro atoms. The van der Waals surface area contributed by atoms with Crippen LogP contribution in [-0.4, -0.2) is 22.2 Å². The molecule has 1 aromatic heterocycles. The van der Waals surface area contributed by atoms with Crippen molar-refractivity contribution < 1.29 is 29.0 Å². The van der Waals surface area contributed by atoms with E-state index in [-0.39, 0.29) is 16.9 Å². The fraction of sp³-hybridized carbons (Fsp3) is 0.190. The van der Waals surface area contributed by atoms with Crippen molar-refractivity contribution in [3.63, 3.8) is 0 Å². The van der Waals surface area contributed by atoms with E-state index in [1.807, 2.05) is 0 Å². The molecule has 0 aliphatic rings. The van der Waals surface area contributed by atoms with Crippen LogP contribution >= 0.6 is 0 Å². The minimum atomic E-state index is -1.28. The smallest absolute Gasteiger partial charge is 0.349 e. The molecule has 7 nitrogen and oxygen atoms in total. The zero-order chi connectivity index (χ0) is 20.4. The molecule has 0 amide bonds. The number of rotatable bonds is 6. The van der Waals surface area contributed by atoms with Crippen LogP contribution in [-0.2, 0) is 16.0 Å². The fourth-order valence-electron chi connectivity index (χ4n) is 3.10. The molecule has 1 atom stereocenters. The van der Waals surface area contributed by atoms with Gasteiger partial charge in [-0.2, -0.15) is 0 Å². The minimum Gasteiger partial charge on any atom is -0.481 e. The van der Waals surface area contributed by atoms with Gasteiger partial charge in [0.15, 0.2) is 0 Å². The van der Waals surface area contributed by atoms with Gasteiger partial charge in [0.25, 0.3) is 0 Å². The van der Waals surface area contributed by atoms with E-state index >= 15 is 0 Å². The van der Waals surface area contributed by atoms with Crippen molar-refractivity contribution in [2.45, 2.75) is 26.4 Å². The molecule has 3 aromatic rings. The van der Waals surface area contributed by atoms with Crippen molar-refractivity contribution in [2.24, 2.45) is 0 Å². The molecule has 0 aliphatic heterocycles. The Hall–Kier alpha value is -3.61. The highest BCUT2D eigenvalue weighted by Crippen LogP contribution is 2.34. The van der Waals surface area contributed by atoms with Gasteiger partial charge in [-0.25, -0.2) is 9.59 Å². The van der Waals surface area contributed by atoms with Gasteiger partial charge in [0.05, 0.1) is 17.4 Å². The van der Waals surface area contributed by atoms with E-state index in [0.717, 1.165) is 0 Å². The average Bonchev–Trinajstić information content (AvgIpc) is 2.62. The number of benzene rings is 2. The maximum Gasteiger partial charge on any atom is 0.349 e. The van der Waals surface area contributed by atoms with Gasteiger partial charge in [0, 0.05) is 5.56 Å². The number of hydrogen-bond acceptors (Lipinski definition) is 5. The Bertz CT molecular complexity index is 1110. The van der Waals surface area contributed by atoms with Crippen LogP contribution in [0.4, 0.5) is 0 Å². The van der Waals surface area contributed by atoms with Crippen LogP contribution < -0.4 is 10.4 Å². The van der Waals surface area contributed by atoms with Crippen molar-refractivity contribution >= 4 is 22.9 Å². The molecular formula is C21H18O7. The normalized spacial score (nSPS) is 11.9. The van der Waals surface area contributed by atoms with E-state index in [9.17, 15) is 19.5 Å². The molecule has 1 unspecified atom stereocenters. The van der Waals surface area contributed by atoms with E-state index in [0.29, 0.717) is 22.1 Å². The second kappa shape index (κ2) is 7.56. The molecule has 0 fully saturated rings. The first-order valence-electron chi connectivity index (χ1n) is 8.51. The fourth-order valence-corrected chi connectivity index (χ4v) is 3.10. The van der Waals surface area contributed by atoms with Gasteiger partial charge in [-0.1, -0.05) is 30.3 Å². The van der Waals surface area contributed by atoms with Crippen molar-refractivity contribution in [3.05, 3.63) is 75.1 Å². The van der Waals surface area contributed by atoms with E-state index in [1.165, 1.54) is 0 Å². The highest BCUT2D eigenvalue weighted by Gasteiger charge is 2.25. The van der Waals surface area contributed by atoms with Gasteiger partial charge in [0.2, 0.25) is 6.10 Å². The summed E-state index contributed by atoms with van der Waals surface area (Å²) in [5.41, 5.74) is 1.02. The largest absolute Gasteiger partial charge is 0.481 e. The number of aryl methyl sites for hydroxylation is 2. The molecule has 0 bridgehead atoms. The summed E-state index contributed by atoms with van der Waals surface area (Å²) in [4.78, 5) is 35.1. The van der Waals surface area contributed by atoms with Crippen molar-refractivity contribution in [1.82, 2.24) is 0 Å². The average molecular weight is 382 g/mol. The summed E-state index contributed by atoms with van der Waals surface area (Å²) < 4.78 is 11.1. The van der Waals surface area contributed by atoms with Crippen LogP contribution in [0.25, 0.3) is 11.0 Å². The first-order valence-corrected chi connectivity index (χ1v) is 8.51. The Balaban J connectivity index is 2.20. The van der Waals surface area contributed by atoms with Crippen molar-refractivity contribution in [3.8, 4) is 5.75 Å². The monoisotopic (exact) mass is 382 g/mol. The third-order valence-electron chi connectivity index (χ3n) is 4.39. The molecule has 0 saturated carbocycles. The SMILES string of the molecule is Cc1cc(OC(C(=O)O)c2ccccc2)c2c(C)c(CC(=O)O)c(=O)oc2c1. The first-order chi connectivity index (χ1) is 13.3. The lowest BCUT2D eigenvalue weighted by Crippen LogP contribution is -2.19. The number of fused-ring (bicyclic) bond motifs is 1. The summed E-state index contributed by atoms with van der Waals surface area (Å²) in [6, 6.07) is 11.7. The molecule has 28 heavy (non-hydrogen) atoms. The Morgan fingerprint density at radius 2 is 1.79 bits per heavy atom. The molecular weight excluding hydrogens is 364 g/mol. The molecule has 7 heteroatoms. The zero-order valence-electron chi connectivity index (χ0n) is 15.3. The minimum absolute atomic E-state index is 0.000268. The second-order valence-corrected chi connectivity index (χ2v) is 6.45. The molecule has 3 rings (SSSR count). The van der Waals surface area contributed by atoms with E-state index in [4.69, 9.17) is 14.3 Å². The predicted octanol–water partition coefficient (Wildman–Crippen LogP) is 3.24. The third-order valence-corrected chi connectivity index (χ3v) is 4.39.